The maximum atomic E-state index is 12.7. The van der Waals surface area contributed by atoms with Crippen LogP contribution in [0.25, 0.3) is 0 Å². The van der Waals surface area contributed by atoms with Crippen LogP contribution < -0.4 is 20.5 Å². The van der Waals surface area contributed by atoms with Crippen molar-refractivity contribution >= 4 is 28.2 Å². The summed E-state index contributed by atoms with van der Waals surface area (Å²) >= 11 is 1.44. The van der Waals surface area contributed by atoms with Crippen LogP contribution in [-0.4, -0.2) is 26.0 Å². The number of hydrogen-bond acceptors (Lipinski definition) is 5. The molecule has 1 aromatic heterocycles. The first-order chi connectivity index (χ1) is 12.4. The molecule has 6 nitrogen and oxygen atoms in total. The number of anilines is 1. The number of amides is 2. The van der Waals surface area contributed by atoms with Crippen LogP contribution in [0.1, 0.15) is 44.5 Å². The second kappa shape index (κ2) is 7.37. The van der Waals surface area contributed by atoms with Crippen LogP contribution >= 0.6 is 11.3 Å². The molecule has 0 fully saturated rings. The fraction of sp³-hybridized carbons (Fsp3) is 0.368. The van der Waals surface area contributed by atoms with Gasteiger partial charge < -0.3 is 20.5 Å². The molecule has 1 aromatic carbocycles. The molecule has 0 saturated carbocycles. The topological polar surface area (TPSA) is 90.7 Å². The Balaban J connectivity index is 1.94. The molecule has 7 heteroatoms. The van der Waals surface area contributed by atoms with Crippen LogP contribution in [0.5, 0.6) is 11.5 Å². The smallest absolute Gasteiger partial charge is 0.256 e. The van der Waals surface area contributed by atoms with E-state index in [1.807, 2.05) is 0 Å². The minimum atomic E-state index is -0.504. The summed E-state index contributed by atoms with van der Waals surface area (Å²) < 4.78 is 10.4. The van der Waals surface area contributed by atoms with Gasteiger partial charge in [-0.3, -0.25) is 9.59 Å². The number of benzene rings is 1. The van der Waals surface area contributed by atoms with Gasteiger partial charge in [0.25, 0.3) is 11.8 Å². The summed E-state index contributed by atoms with van der Waals surface area (Å²) in [5.41, 5.74) is 7.42. The highest BCUT2D eigenvalue weighted by atomic mass is 32.1. The number of fused-ring (bicyclic) bond motifs is 1. The van der Waals surface area contributed by atoms with Crippen molar-refractivity contribution in [3.8, 4) is 11.5 Å². The van der Waals surface area contributed by atoms with Crippen molar-refractivity contribution in [3.63, 3.8) is 0 Å². The normalized spacial score (nSPS) is 15.9. The maximum Gasteiger partial charge on any atom is 0.256 e. The zero-order valence-corrected chi connectivity index (χ0v) is 15.9. The summed E-state index contributed by atoms with van der Waals surface area (Å²) in [7, 11) is 3.05. The first kappa shape index (κ1) is 18.3. The Morgan fingerprint density at radius 3 is 2.42 bits per heavy atom. The average Bonchev–Trinajstić information content (AvgIpc) is 2.97. The molecule has 2 amide bonds. The molecule has 0 unspecified atom stereocenters. The monoisotopic (exact) mass is 374 g/mol. The summed E-state index contributed by atoms with van der Waals surface area (Å²) in [5, 5.41) is 3.37. The Kier molecular flexibility index (Phi) is 5.18. The van der Waals surface area contributed by atoms with Gasteiger partial charge in [0, 0.05) is 16.5 Å². The summed E-state index contributed by atoms with van der Waals surface area (Å²) in [6, 6.07) is 4.94. The third-order valence-electron chi connectivity index (χ3n) is 4.60. The maximum absolute atomic E-state index is 12.7. The van der Waals surface area contributed by atoms with E-state index in [0.717, 1.165) is 29.7 Å². The van der Waals surface area contributed by atoms with E-state index in [9.17, 15) is 9.59 Å². The van der Waals surface area contributed by atoms with Crippen LogP contribution in [0.3, 0.4) is 0 Å². The largest absolute Gasteiger partial charge is 0.497 e. The highest BCUT2D eigenvalue weighted by Gasteiger charge is 2.27. The van der Waals surface area contributed by atoms with Crippen molar-refractivity contribution in [2.45, 2.75) is 26.2 Å². The van der Waals surface area contributed by atoms with E-state index >= 15 is 0 Å². The first-order valence-electron chi connectivity index (χ1n) is 8.41. The molecule has 3 rings (SSSR count). The lowest BCUT2D eigenvalue weighted by atomic mass is 9.88. The number of primary amides is 1. The van der Waals surface area contributed by atoms with Gasteiger partial charge in [0.2, 0.25) is 0 Å². The average molecular weight is 374 g/mol. The van der Waals surface area contributed by atoms with E-state index < -0.39 is 5.91 Å². The van der Waals surface area contributed by atoms with Crippen molar-refractivity contribution in [3.05, 3.63) is 39.8 Å². The highest BCUT2D eigenvalue weighted by Crippen LogP contribution is 2.39. The van der Waals surface area contributed by atoms with Gasteiger partial charge in [-0.15, -0.1) is 11.3 Å². The van der Waals surface area contributed by atoms with Crippen LogP contribution in [0, 0.1) is 5.92 Å². The van der Waals surface area contributed by atoms with Crippen molar-refractivity contribution in [1.29, 1.82) is 0 Å². The van der Waals surface area contributed by atoms with Crippen molar-refractivity contribution in [1.82, 2.24) is 0 Å². The lowest BCUT2D eigenvalue weighted by Gasteiger charge is -2.18. The lowest BCUT2D eigenvalue weighted by molar-refractivity contribution is 0.1000. The number of carbonyl (C=O) groups excluding carboxylic acids is 2. The van der Waals surface area contributed by atoms with E-state index in [0.29, 0.717) is 33.5 Å². The van der Waals surface area contributed by atoms with E-state index in [4.69, 9.17) is 15.2 Å². The fourth-order valence-corrected chi connectivity index (χ4v) is 4.62. The third-order valence-corrected chi connectivity index (χ3v) is 5.77. The van der Waals surface area contributed by atoms with Crippen LogP contribution in [0.15, 0.2) is 18.2 Å². The predicted octanol–water partition coefficient (Wildman–Crippen LogP) is 3.24. The number of thiophene rings is 1. The number of methoxy groups -OCH3 is 2. The van der Waals surface area contributed by atoms with Crippen LogP contribution in [0.4, 0.5) is 5.00 Å². The SMILES string of the molecule is COc1cc(OC)cc(C(=O)Nc2sc3c(c2C(N)=O)CC[C@H](C)C3)c1. The zero-order valence-electron chi connectivity index (χ0n) is 15.0. The molecule has 3 N–H and O–H groups in total. The molecule has 1 heterocycles. The van der Waals surface area contributed by atoms with Gasteiger partial charge in [-0.1, -0.05) is 6.92 Å². The summed E-state index contributed by atoms with van der Waals surface area (Å²) in [6.07, 6.45) is 2.74. The van der Waals surface area contributed by atoms with Gasteiger partial charge in [-0.05, 0) is 42.9 Å². The molecular formula is C19H22N2O4S. The standard InChI is InChI=1S/C19H22N2O4S/c1-10-4-5-14-15(6-10)26-19(16(14)17(20)22)21-18(23)11-7-12(24-2)9-13(8-11)25-3/h7-10H,4-6H2,1-3H3,(H2,20,22)(H,21,23)/t10-/m0/s1. The molecule has 138 valence electrons. The van der Waals surface area contributed by atoms with Gasteiger partial charge in [0.05, 0.1) is 19.8 Å². The molecule has 1 atom stereocenters. The number of nitrogens with one attached hydrogen (secondary N) is 1. The van der Waals surface area contributed by atoms with E-state index in [1.54, 1.807) is 18.2 Å². The Morgan fingerprint density at radius 2 is 1.85 bits per heavy atom. The first-order valence-corrected chi connectivity index (χ1v) is 9.23. The summed E-state index contributed by atoms with van der Waals surface area (Å²) in [5.74, 6) is 0.757. The summed E-state index contributed by atoms with van der Waals surface area (Å²) in [4.78, 5) is 25.9. The number of carbonyl (C=O) groups is 2. The summed E-state index contributed by atoms with van der Waals surface area (Å²) in [6.45, 7) is 2.19. The highest BCUT2D eigenvalue weighted by molar-refractivity contribution is 7.17. The second-order valence-electron chi connectivity index (χ2n) is 6.48. The number of ether oxygens (including phenoxy) is 2. The Bertz CT molecular complexity index is 837. The molecule has 1 aliphatic rings. The molecule has 2 aromatic rings. The van der Waals surface area contributed by atoms with Crippen molar-refractivity contribution in [2.24, 2.45) is 11.7 Å². The van der Waals surface area contributed by atoms with E-state index in [1.165, 1.54) is 25.6 Å². The molecule has 0 saturated heterocycles. The van der Waals surface area contributed by atoms with Gasteiger partial charge in [0.1, 0.15) is 16.5 Å². The molecular weight excluding hydrogens is 352 g/mol. The zero-order chi connectivity index (χ0) is 18.8. The third kappa shape index (κ3) is 3.53. The van der Waals surface area contributed by atoms with Gasteiger partial charge in [0.15, 0.2) is 0 Å². The number of hydrogen-bond donors (Lipinski definition) is 2. The van der Waals surface area contributed by atoms with Crippen LogP contribution in [0.2, 0.25) is 0 Å². The molecule has 26 heavy (non-hydrogen) atoms. The lowest BCUT2D eigenvalue weighted by Crippen LogP contribution is -2.19. The van der Waals surface area contributed by atoms with Gasteiger partial charge >= 0.3 is 0 Å². The number of rotatable bonds is 5. The van der Waals surface area contributed by atoms with E-state index in [2.05, 4.69) is 12.2 Å². The minimum absolute atomic E-state index is 0.337. The Morgan fingerprint density at radius 1 is 1.19 bits per heavy atom. The molecule has 0 aliphatic heterocycles. The molecule has 0 spiro atoms. The molecule has 0 bridgehead atoms. The fourth-order valence-electron chi connectivity index (χ4n) is 3.21. The Labute approximate surface area is 156 Å². The van der Waals surface area contributed by atoms with Gasteiger partial charge in [-0.25, -0.2) is 0 Å². The van der Waals surface area contributed by atoms with Gasteiger partial charge in [-0.2, -0.15) is 0 Å². The second-order valence-corrected chi connectivity index (χ2v) is 7.58. The van der Waals surface area contributed by atoms with Crippen molar-refractivity contribution < 1.29 is 19.1 Å². The van der Waals surface area contributed by atoms with Crippen LogP contribution in [-0.2, 0) is 12.8 Å². The molecule has 0 radical (unpaired) electrons. The number of nitrogens with two attached hydrogens (primary N) is 1. The van der Waals surface area contributed by atoms with E-state index in [-0.39, 0.29) is 5.91 Å². The Hall–Kier alpha value is -2.54. The minimum Gasteiger partial charge on any atom is -0.497 e. The molecule has 1 aliphatic carbocycles. The van der Waals surface area contributed by atoms with Crippen molar-refractivity contribution in [2.75, 3.05) is 19.5 Å². The quantitative estimate of drug-likeness (QED) is 0.840. The predicted molar refractivity (Wildman–Crippen MR) is 102 cm³/mol.